The van der Waals surface area contributed by atoms with Crippen molar-refractivity contribution in [2.45, 2.75) is 20.0 Å². The molecule has 0 aliphatic carbocycles. The third-order valence-corrected chi connectivity index (χ3v) is 3.16. The van der Waals surface area contributed by atoms with Crippen LogP contribution in [0.3, 0.4) is 0 Å². The largest absolute Gasteiger partial charge is 0.493 e. The van der Waals surface area contributed by atoms with Gasteiger partial charge in [-0.3, -0.25) is 0 Å². The number of aromatic nitrogens is 2. The highest BCUT2D eigenvalue weighted by molar-refractivity contribution is 5.74. The number of methoxy groups -OCH3 is 1. The van der Waals surface area contributed by atoms with Gasteiger partial charge in [-0.05, 0) is 24.6 Å². The molecule has 0 atom stereocenters. The molecule has 7 heteroatoms. The van der Waals surface area contributed by atoms with Gasteiger partial charge in [0.1, 0.15) is 23.2 Å². The van der Waals surface area contributed by atoms with E-state index in [9.17, 15) is 5.26 Å². The van der Waals surface area contributed by atoms with E-state index in [1.165, 1.54) is 0 Å². The van der Waals surface area contributed by atoms with Crippen LogP contribution >= 0.6 is 0 Å². The van der Waals surface area contributed by atoms with E-state index in [0.29, 0.717) is 24.5 Å². The van der Waals surface area contributed by atoms with Crippen LogP contribution in [0.25, 0.3) is 11.3 Å². The lowest BCUT2D eigenvalue weighted by atomic mass is 10.0. The maximum absolute atomic E-state index is 9.29. The number of rotatable bonds is 6. The van der Waals surface area contributed by atoms with Crippen LogP contribution in [0.4, 0.5) is 11.8 Å². The molecule has 1 aromatic carbocycles. The Morgan fingerprint density at radius 3 is 2.70 bits per heavy atom. The number of hydrogen-bond acceptors (Lipinski definition) is 7. The molecule has 23 heavy (non-hydrogen) atoms. The quantitative estimate of drug-likeness (QED) is 0.837. The molecule has 1 heterocycles. The Hall–Kier alpha value is -2.85. The molecule has 0 aliphatic rings. The molecule has 0 fully saturated rings. The van der Waals surface area contributed by atoms with Gasteiger partial charge in [0.25, 0.3) is 0 Å². The first-order valence-corrected chi connectivity index (χ1v) is 7.18. The number of benzene rings is 1. The first kappa shape index (κ1) is 16.5. The van der Waals surface area contributed by atoms with Gasteiger partial charge >= 0.3 is 0 Å². The Bertz CT molecular complexity index is 740. The summed E-state index contributed by atoms with van der Waals surface area (Å²) in [4.78, 5) is 7.97. The van der Waals surface area contributed by atoms with Crippen LogP contribution in [0, 0.1) is 11.3 Å². The number of anilines is 2. The smallest absolute Gasteiger partial charge is 0.222 e. The summed E-state index contributed by atoms with van der Waals surface area (Å²) in [6, 6.07) is 7.52. The third kappa shape index (κ3) is 3.67. The monoisotopic (exact) mass is 313 g/mol. The Balaban J connectivity index is 2.52. The first-order chi connectivity index (χ1) is 11.1. The second kappa shape index (κ2) is 7.42. The molecule has 0 spiro atoms. The van der Waals surface area contributed by atoms with Crippen LogP contribution in [0.2, 0.25) is 0 Å². The van der Waals surface area contributed by atoms with Crippen molar-refractivity contribution < 1.29 is 9.47 Å². The maximum Gasteiger partial charge on any atom is 0.222 e. The van der Waals surface area contributed by atoms with Gasteiger partial charge in [0.05, 0.1) is 18.9 Å². The fourth-order valence-corrected chi connectivity index (χ4v) is 2.16. The summed E-state index contributed by atoms with van der Waals surface area (Å²) >= 11 is 0. The van der Waals surface area contributed by atoms with Gasteiger partial charge in [0, 0.05) is 18.2 Å². The lowest BCUT2D eigenvalue weighted by Crippen LogP contribution is -2.05. The Kier molecular flexibility index (Phi) is 5.33. The van der Waals surface area contributed by atoms with Crippen molar-refractivity contribution in [1.82, 2.24) is 9.97 Å². The lowest BCUT2D eigenvalue weighted by Gasteiger charge is -2.13. The molecule has 1 aromatic heterocycles. The SMILES string of the molecule is CCCOc1ccc(-c2nc(N)nc(N)c2C#N)cc1COC. The molecule has 120 valence electrons. The first-order valence-electron chi connectivity index (χ1n) is 7.18. The lowest BCUT2D eigenvalue weighted by molar-refractivity contribution is 0.180. The van der Waals surface area contributed by atoms with Crippen molar-refractivity contribution in [3.63, 3.8) is 0 Å². The van der Waals surface area contributed by atoms with E-state index in [1.807, 2.05) is 31.2 Å². The van der Waals surface area contributed by atoms with Crippen LogP contribution in [-0.2, 0) is 11.3 Å². The summed E-state index contributed by atoms with van der Waals surface area (Å²) in [7, 11) is 1.61. The van der Waals surface area contributed by atoms with Crippen LogP contribution in [0.5, 0.6) is 5.75 Å². The molecule has 0 saturated heterocycles. The Morgan fingerprint density at radius 1 is 1.26 bits per heavy atom. The van der Waals surface area contributed by atoms with Crippen LogP contribution < -0.4 is 16.2 Å². The minimum absolute atomic E-state index is 0.0242. The van der Waals surface area contributed by atoms with E-state index < -0.39 is 0 Å². The summed E-state index contributed by atoms with van der Waals surface area (Å²) < 4.78 is 10.9. The number of nitrogens with zero attached hydrogens (tertiary/aromatic N) is 3. The van der Waals surface area contributed by atoms with E-state index in [1.54, 1.807) is 7.11 Å². The highest BCUT2D eigenvalue weighted by Gasteiger charge is 2.15. The van der Waals surface area contributed by atoms with Crippen molar-refractivity contribution >= 4 is 11.8 Å². The summed E-state index contributed by atoms with van der Waals surface area (Å²) in [5.74, 6) is 0.830. The molecule has 0 saturated carbocycles. The van der Waals surface area contributed by atoms with Gasteiger partial charge in [-0.25, -0.2) is 4.98 Å². The predicted octanol–water partition coefficient (Wildman–Crippen LogP) is 2.11. The molecule has 7 nitrogen and oxygen atoms in total. The van der Waals surface area contributed by atoms with E-state index in [-0.39, 0.29) is 17.3 Å². The van der Waals surface area contributed by atoms with Crippen LogP contribution in [-0.4, -0.2) is 23.7 Å². The van der Waals surface area contributed by atoms with Gasteiger partial charge in [0.2, 0.25) is 5.95 Å². The van der Waals surface area contributed by atoms with Crippen molar-refractivity contribution in [2.24, 2.45) is 0 Å². The molecule has 0 bridgehead atoms. The fraction of sp³-hybridized carbons (Fsp3) is 0.312. The molecule has 2 aromatic rings. The van der Waals surface area contributed by atoms with E-state index in [0.717, 1.165) is 17.7 Å². The second-order valence-electron chi connectivity index (χ2n) is 4.91. The Morgan fingerprint density at radius 2 is 2.04 bits per heavy atom. The van der Waals surface area contributed by atoms with Crippen molar-refractivity contribution in [1.29, 1.82) is 5.26 Å². The summed E-state index contributed by atoms with van der Waals surface area (Å²) in [5, 5.41) is 9.29. The molecule has 4 N–H and O–H groups in total. The highest BCUT2D eigenvalue weighted by atomic mass is 16.5. The standard InChI is InChI=1S/C16H19N5O2/c1-3-6-23-13-5-4-10(7-11(13)9-22-2)14-12(8-17)15(18)21-16(19)20-14/h4-5,7H,3,6,9H2,1-2H3,(H4,18,19,20,21). The van der Waals surface area contributed by atoms with E-state index in [4.69, 9.17) is 20.9 Å². The molecule has 0 amide bonds. The number of nitriles is 1. The van der Waals surface area contributed by atoms with E-state index in [2.05, 4.69) is 9.97 Å². The summed E-state index contributed by atoms with van der Waals surface area (Å²) in [6.45, 7) is 3.04. The van der Waals surface area contributed by atoms with Crippen molar-refractivity contribution in [3.05, 3.63) is 29.3 Å². The minimum atomic E-state index is 0.0242. The number of nitrogen functional groups attached to an aromatic ring is 2. The normalized spacial score (nSPS) is 10.3. The minimum Gasteiger partial charge on any atom is -0.493 e. The number of hydrogen-bond donors (Lipinski definition) is 2. The number of nitrogens with two attached hydrogens (primary N) is 2. The third-order valence-electron chi connectivity index (χ3n) is 3.16. The van der Waals surface area contributed by atoms with Gasteiger partial charge < -0.3 is 20.9 Å². The zero-order valence-electron chi connectivity index (χ0n) is 13.2. The maximum atomic E-state index is 9.29. The Labute approximate surface area is 134 Å². The predicted molar refractivity (Wildman–Crippen MR) is 87.5 cm³/mol. The average molecular weight is 313 g/mol. The average Bonchev–Trinajstić information content (AvgIpc) is 2.53. The van der Waals surface area contributed by atoms with Crippen molar-refractivity contribution in [3.8, 4) is 23.1 Å². The molecular weight excluding hydrogens is 294 g/mol. The van der Waals surface area contributed by atoms with Gasteiger partial charge in [0.15, 0.2) is 0 Å². The van der Waals surface area contributed by atoms with Gasteiger partial charge in [-0.15, -0.1) is 0 Å². The van der Waals surface area contributed by atoms with Crippen LogP contribution in [0.15, 0.2) is 18.2 Å². The highest BCUT2D eigenvalue weighted by Crippen LogP contribution is 2.30. The molecule has 0 unspecified atom stereocenters. The zero-order valence-corrected chi connectivity index (χ0v) is 13.2. The summed E-state index contributed by atoms with van der Waals surface area (Å²) in [5.41, 5.74) is 13.6. The van der Waals surface area contributed by atoms with Gasteiger partial charge in [-0.1, -0.05) is 6.92 Å². The zero-order chi connectivity index (χ0) is 16.8. The van der Waals surface area contributed by atoms with E-state index >= 15 is 0 Å². The fourth-order valence-electron chi connectivity index (χ4n) is 2.16. The van der Waals surface area contributed by atoms with Gasteiger partial charge in [-0.2, -0.15) is 10.2 Å². The molecule has 0 radical (unpaired) electrons. The second-order valence-corrected chi connectivity index (χ2v) is 4.91. The van der Waals surface area contributed by atoms with Crippen LogP contribution in [0.1, 0.15) is 24.5 Å². The van der Waals surface area contributed by atoms with Crippen molar-refractivity contribution in [2.75, 3.05) is 25.2 Å². The molecular formula is C16H19N5O2. The number of ether oxygens (including phenoxy) is 2. The summed E-state index contributed by atoms with van der Waals surface area (Å²) in [6.07, 6.45) is 0.908. The molecule has 2 rings (SSSR count). The topological polar surface area (TPSA) is 120 Å². The molecule has 0 aliphatic heterocycles.